The molecule has 0 radical (unpaired) electrons. The van der Waals surface area contributed by atoms with Gasteiger partial charge in [0.2, 0.25) is 0 Å². The SMILES string of the molecule is N#Cc1cc(N)ccc1S(=O)(=O)Nc1ccc(I)cc1. The van der Waals surface area contributed by atoms with Crippen LogP contribution in [0.3, 0.4) is 0 Å². The number of benzene rings is 2. The predicted molar refractivity (Wildman–Crippen MR) is 85.5 cm³/mol. The topological polar surface area (TPSA) is 96.0 Å². The van der Waals surface area contributed by atoms with Gasteiger partial charge in [-0.25, -0.2) is 8.42 Å². The summed E-state index contributed by atoms with van der Waals surface area (Å²) in [5, 5.41) is 9.01. The number of nitrogens with two attached hydrogens (primary N) is 1. The highest BCUT2D eigenvalue weighted by molar-refractivity contribution is 14.1. The summed E-state index contributed by atoms with van der Waals surface area (Å²) in [7, 11) is -3.82. The average Bonchev–Trinajstić information content (AvgIpc) is 2.40. The van der Waals surface area contributed by atoms with Gasteiger partial charge in [-0.05, 0) is 65.1 Å². The lowest BCUT2D eigenvalue weighted by atomic mass is 10.2. The van der Waals surface area contributed by atoms with E-state index in [1.165, 1.54) is 18.2 Å². The van der Waals surface area contributed by atoms with Crippen LogP contribution < -0.4 is 10.5 Å². The Morgan fingerprint density at radius 3 is 2.40 bits per heavy atom. The van der Waals surface area contributed by atoms with E-state index in [2.05, 4.69) is 27.3 Å². The summed E-state index contributed by atoms with van der Waals surface area (Å²) in [4.78, 5) is -0.0900. The van der Waals surface area contributed by atoms with Crippen LogP contribution in [0.1, 0.15) is 5.56 Å². The van der Waals surface area contributed by atoms with Gasteiger partial charge in [-0.1, -0.05) is 0 Å². The molecular formula is C13H10IN3O2S. The van der Waals surface area contributed by atoms with Crippen molar-refractivity contribution < 1.29 is 8.42 Å². The van der Waals surface area contributed by atoms with Crippen molar-refractivity contribution in [2.45, 2.75) is 4.90 Å². The number of nitrogen functional groups attached to an aromatic ring is 1. The van der Waals surface area contributed by atoms with Gasteiger partial charge in [0.25, 0.3) is 10.0 Å². The summed E-state index contributed by atoms with van der Waals surface area (Å²) in [5.74, 6) is 0. The molecule has 2 aromatic rings. The Bertz CT molecular complexity index is 780. The van der Waals surface area contributed by atoms with Crippen molar-refractivity contribution in [1.82, 2.24) is 0 Å². The van der Waals surface area contributed by atoms with Gasteiger partial charge in [0.1, 0.15) is 11.0 Å². The number of hydrogen-bond donors (Lipinski definition) is 2. The normalized spacial score (nSPS) is 10.8. The molecule has 0 fully saturated rings. The van der Waals surface area contributed by atoms with E-state index in [1.54, 1.807) is 24.3 Å². The number of anilines is 2. The molecule has 3 N–H and O–H groups in total. The van der Waals surface area contributed by atoms with E-state index in [0.717, 1.165) is 3.57 Å². The quantitative estimate of drug-likeness (QED) is 0.613. The third-order valence-corrected chi connectivity index (χ3v) is 4.67. The standard InChI is InChI=1S/C13H10IN3O2S/c14-10-1-4-12(5-2-10)17-20(18,19)13-6-3-11(16)7-9(13)8-15/h1-7,17H,16H2. The molecule has 0 aliphatic rings. The molecule has 102 valence electrons. The second kappa shape index (κ2) is 5.68. The third kappa shape index (κ3) is 3.20. The van der Waals surface area contributed by atoms with E-state index in [9.17, 15) is 8.42 Å². The number of nitriles is 1. The molecular weight excluding hydrogens is 389 g/mol. The lowest BCUT2D eigenvalue weighted by molar-refractivity contribution is 0.601. The lowest BCUT2D eigenvalue weighted by Gasteiger charge is -2.09. The first kappa shape index (κ1) is 14.6. The van der Waals surface area contributed by atoms with Crippen molar-refractivity contribution in [1.29, 1.82) is 5.26 Å². The maximum Gasteiger partial charge on any atom is 0.263 e. The molecule has 7 heteroatoms. The Hall–Kier alpha value is -1.79. The van der Waals surface area contributed by atoms with Crippen molar-refractivity contribution >= 4 is 44.0 Å². The number of nitrogens with zero attached hydrogens (tertiary/aromatic N) is 1. The number of rotatable bonds is 3. The summed E-state index contributed by atoms with van der Waals surface area (Å²) < 4.78 is 28.0. The van der Waals surface area contributed by atoms with Gasteiger partial charge in [0.05, 0.1) is 5.56 Å². The van der Waals surface area contributed by atoms with Gasteiger partial charge < -0.3 is 5.73 Å². The summed E-state index contributed by atoms with van der Waals surface area (Å²) in [6, 6.07) is 12.8. The molecule has 0 aliphatic carbocycles. The number of hydrogen-bond acceptors (Lipinski definition) is 4. The fraction of sp³-hybridized carbons (Fsp3) is 0. The van der Waals surface area contributed by atoms with Crippen LogP contribution in [0.5, 0.6) is 0 Å². The minimum absolute atomic E-state index is 0.0167. The predicted octanol–water partition coefficient (Wildman–Crippen LogP) is 2.55. The molecule has 0 amide bonds. The second-order valence-corrected chi connectivity index (χ2v) is 6.88. The van der Waals surface area contributed by atoms with Gasteiger partial charge in [0, 0.05) is 14.9 Å². The molecule has 0 saturated heterocycles. The second-order valence-electron chi connectivity index (χ2n) is 3.98. The smallest absolute Gasteiger partial charge is 0.263 e. The highest BCUT2D eigenvalue weighted by Crippen LogP contribution is 2.21. The van der Waals surface area contributed by atoms with Crippen molar-refractivity contribution in [3.63, 3.8) is 0 Å². The molecule has 20 heavy (non-hydrogen) atoms. The van der Waals surface area contributed by atoms with E-state index in [-0.39, 0.29) is 10.5 Å². The molecule has 0 saturated carbocycles. The summed E-state index contributed by atoms with van der Waals surface area (Å²) in [5.41, 5.74) is 6.34. The van der Waals surface area contributed by atoms with Crippen LogP contribution in [0.25, 0.3) is 0 Å². The Labute approximate surface area is 130 Å². The first-order valence-electron chi connectivity index (χ1n) is 5.50. The van der Waals surface area contributed by atoms with Gasteiger partial charge in [0.15, 0.2) is 0 Å². The van der Waals surface area contributed by atoms with E-state index >= 15 is 0 Å². The number of sulfonamides is 1. The molecule has 2 rings (SSSR count). The summed E-state index contributed by atoms with van der Waals surface area (Å²) in [6.07, 6.45) is 0. The van der Waals surface area contributed by atoms with Crippen molar-refractivity contribution in [3.05, 3.63) is 51.6 Å². The molecule has 5 nitrogen and oxygen atoms in total. The Morgan fingerprint density at radius 1 is 1.15 bits per heavy atom. The lowest BCUT2D eigenvalue weighted by Crippen LogP contribution is -2.14. The fourth-order valence-corrected chi connectivity index (χ4v) is 3.15. The highest BCUT2D eigenvalue weighted by Gasteiger charge is 2.18. The van der Waals surface area contributed by atoms with Gasteiger partial charge in [-0.2, -0.15) is 5.26 Å². The van der Waals surface area contributed by atoms with E-state index in [1.807, 2.05) is 6.07 Å². The summed E-state index contributed by atoms with van der Waals surface area (Å²) >= 11 is 2.13. The largest absolute Gasteiger partial charge is 0.399 e. The zero-order valence-electron chi connectivity index (χ0n) is 10.2. The van der Waals surface area contributed by atoms with E-state index in [0.29, 0.717) is 11.4 Å². The van der Waals surface area contributed by atoms with Crippen LogP contribution in [-0.2, 0) is 10.0 Å². The molecule has 0 spiro atoms. The van der Waals surface area contributed by atoms with Crippen molar-refractivity contribution in [3.8, 4) is 6.07 Å². The van der Waals surface area contributed by atoms with Gasteiger partial charge in [-0.3, -0.25) is 4.72 Å². The van der Waals surface area contributed by atoms with E-state index in [4.69, 9.17) is 11.0 Å². The maximum absolute atomic E-state index is 12.3. The number of halogens is 1. The molecule has 0 bridgehead atoms. The highest BCUT2D eigenvalue weighted by atomic mass is 127. The van der Waals surface area contributed by atoms with Crippen LogP contribution >= 0.6 is 22.6 Å². The van der Waals surface area contributed by atoms with Crippen LogP contribution in [0.2, 0.25) is 0 Å². The van der Waals surface area contributed by atoms with Gasteiger partial charge >= 0.3 is 0 Å². The van der Waals surface area contributed by atoms with Crippen LogP contribution in [0, 0.1) is 14.9 Å². The first-order valence-corrected chi connectivity index (χ1v) is 8.06. The molecule has 0 aromatic heterocycles. The van der Waals surface area contributed by atoms with E-state index < -0.39 is 10.0 Å². The monoisotopic (exact) mass is 399 g/mol. The molecule has 0 unspecified atom stereocenters. The van der Waals surface area contributed by atoms with Crippen LogP contribution in [-0.4, -0.2) is 8.42 Å². The zero-order chi connectivity index (χ0) is 14.8. The first-order chi connectivity index (χ1) is 9.42. The Morgan fingerprint density at radius 2 is 1.80 bits per heavy atom. The minimum atomic E-state index is -3.82. The van der Waals surface area contributed by atoms with Gasteiger partial charge in [-0.15, -0.1) is 0 Å². The molecule has 0 atom stereocenters. The number of nitrogens with one attached hydrogen (secondary N) is 1. The van der Waals surface area contributed by atoms with Crippen molar-refractivity contribution in [2.24, 2.45) is 0 Å². The molecule has 0 aliphatic heterocycles. The Kier molecular flexibility index (Phi) is 4.15. The molecule has 2 aromatic carbocycles. The van der Waals surface area contributed by atoms with Crippen LogP contribution in [0.4, 0.5) is 11.4 Å². The maximum atomic E-state index is 12.3. The summed E-state index contributed by atoms with van der Waals surface area (Å²) in [6.45, 7) is 0. The van der Waals surface area contributed by atoms with Crippen molar-refractivity contribution in [2.75, 3.05) is 10.5 Å². The van der Waals surface area contributed by atoms with Crippen LogP contribution in [0.15, 0.2) is 47.4 Å². The average molecular weight is 399 g/mol. The Balaban J connectivity index is 2.41. The third-order valence-electron chi connectivity index (χ3n) is 2.51. The zero-order valence-corrected chi connectivity index (χ0v) is 13.1. The molecule has 0 heterocycles. The minimum Gasteiger partial charge on any atom is -0.399 e. The fourth-order valence-electron chi connectivity index (χ4n) is 1.60.